The smallest absolute Gasteiger partial charge is 0.260 e. The van der Waals surface area contributed by atoms with Crippen LogP contribution in [0.3, 0.4) is 0 Å². The Bertz CT molecular complexity index is 987. The number of carbonyl (C=O) groups is 1. The number of pyridine rings is 1. The number of aromatic nitrogens is 1. The second-order valence-electron chi connectivity index (χ2n) is 6.87. The Kier molecular flexibility index (Phi) is 6.22. The molecule has 1 aromatic heterocycles. The minimum Gasteiger partial charge on any atom is -0.356 e. The predicted octanol–water partition coefficient (Wildman–Crippen LogP) is 3.32. The number of nitrogens with one attached hydrogen (secondary N) is 1. The zero-order chi connectivity index (χ0) is 20.3. The molecule has 2 aromatic rings. The van der Waals surface area contributed by atoms with Gasteiger partial charge < -0.3 is 10.2 Å². The molecule has 1 fully saturated rings. The largest absolute Gasteiger partial charge is 0.356 e. The molecule has 0 radical (unpaired) electrons. The third-order valence-corrected chi connectivity index (χ3v) is 5.84. The van der Waals surface area contributed by atoms with Gasteiger partial charge in [-0.1, -0.05) is 30.5 Å². The molecule has 1 aliphatic rings. The van der Waals surface area contributed by atoms with Crippen LogP contribution in [0.15, 0.2) is 35.2 Å². The quantitative estimate of drug-likeness (QED) is 0.786. The van der Waals surface area contributed by atoms with E-state index in [9.17, 15) is 13.2 Å². The third kappa shape index (κ3) is 4.81. The average molecular weight is 423 g/mol. The number of aryl methyl sites for hydroxylation is 1. The van der Waals surface area contributed by atoms with Crippen molar-refractivity contribution >= 4 is 39.0 Å². The molecular formula is C19H23ClN4O3S. The number of benzene rings is 1. The summed E-state index contributed by atoms with van der Waals surface area (Å²) in [6, 6.07) is 7.44. The lowest BCUT2D eigenvalue weighted by Gasteiger charge is -2.25. The van der Waals surface area contributed by atoms with Crippen LogP contribution in [-0.2, 0) is 10.0 Å². The Labute approximate surface area is 169 Å². The molecule has 28 heavy (non-hydrogen) atoms. The summed E-state index contributed by atoms with van der Waals surface area (Å²) in [6.45, 7) is 3.46. The van der Waals surface area contributed by atoms with Crippen molar-refractivity contribution in [2.24, 2.45) is 5.14 Å². The Balaban J connectivity index is 1.95. The molecule has 150 valence electrons. The number of rotatable bonds is 4. The summed E-state index contributed by atoms with van der Waals surface area (Å²) in [7, 11) is -3.87. The van der Waals surface area contributed by atoms with Crippen LogP contribution in [0.1, 0.15) is 41.7 Å². The van der Waals surface area contributed by atoms with E-state index in [0.29, 0.717) is 16.5 Å². The van der Waals surface area contributed by atoms with E-state index in [-0.39, 0.29) is 10.5 Å². The number of sulfonamides is 1. The lowest BCUT2D eigenvalue weighted by molar-refractivity contribution is 0.102. The second-order valence-corrected chi connectivity index (χ2v) is 8.84. The van der Waals surface area contributed by atoms with Crippen LogP contribution in [0.4, 0.5) is 11.5 Å². The van der Waals surface area contributed by atoms with Crippen LogP contribution in [0.5, 0.6) is 0 Å². The van der Waals surface area contributed by atoms with E-state index < -0.39 is 15.9 Å². The van der Waals surface area contributed by atoms with Crippen LogP contribution >= 0.6 is 11.6 Å². The average Bonchev–Trinajstić information content (AvgIpc) is 2.89. The fourth-order valence-corrected chi connectivity index (χ4v) is 4.17. The molecule has 1 saturated heterocycles. The van der Waals surface area contributed by atoms with Gasteiger partial charge in [0.25, 0.3) is 5.91 Å². The van der Waals surface area contributed by atoms with Gasteiger partial charge >= 0.3 is 0 Å². The number of halogens is 1. The van der Waals surface area contributed by atoms with Crippen LogP contribution in [0.2, 0.25) is 5.02 Å². The Morgan fingerprint density at radius 1 is 1.18 bits per heavy atom. The minimum atomic E-state index is -3.87. The van der Waals surface area contributed by atoms with E-state index in [0.717, 1.165) is 44.5 Å². The SMILES string of the molecule is Cc1cc(Cl)c(C(=O)Nc2cccc(S(N)(=O)=O)c2)c(N2CCCCCC2)n1. The fraction of sp³-hybridized carbons (Fsp3) is 0.368. The first-order valence-corrected chi connectivity index (χ1v) is 11.0. The maximum atomic E-state index is 13.0. The lowest BCUT2D eigenvalue weighted by Crippen LogP contribution is -2.28. The Hall–Kier alpha value is -2.16. The summed E-state index contributed by atoms with van der Waals surface area (Å²) in [5, 5.41) is 8.19. The first-order chi connectivity index (χ1) is 13.3. The number of anilines is 2. The van der Waals surface area contributed by atoms with Crippen molar-refractivity contribution in [3.05, 3.63) is 46.6 Å². The molecule has 1 aromatic carbocycles. The summed E-state index contributed by atoms with van der Waals surface area (Å²) in [5.41, 5.74) is 1.34. The molecule has 0 aliphatic carbocycles. The van der Waals surface area contributed by atoms with Gasteiger partial charge in [0, 0.05) is 24.5 Å². The number of primary sulfonamides is 1. The second kappa shape index (κ2) is 8.46. The number of hydrogen-bond donors (Lipinski definition) is 2. The van der Waals surface area contributed by atoms with Crippen molar-refractivity contribution in [1.82, 2.24) is 4.98 Å². The van der Waals surface area contributed by atoms with Gasteiger partial charge in [-0.05, 0) is 44.0 Å². The van der Waals surface area contributed by atoms with E-state index in [4.69, 9.17) is 16.7 Å². The maximum absolute atomic E-state index is 13.0. The number of nitrogens with two attached hydrogens (primary N) is 1. The molecule has 0 bridgehead atoms. The summed E-state index contributed by atoms with van der Waals surface area (Å²) in [4.78, 5) is 19.6. The van der Waals surface area contributed by atoms with Crippen LogP contribution in [0.25, 0.3) is 0 Å². The van der Waals surface area contributed by atoms with Crippen molar-refractivity contribution in [2.75, 3.05) is 23.3 Å². The van der Waals surface area contributed by atoms with Crippen molar-refractivity contribution in [3.8, 4) is 0 Å². The van der Waals surface area contributed by atoms with Gasteiger partial charge in [0.05, 0.1) is 9.92 Å². The molecule has 9 heteroatoms. The van der Waals surface area contributed by atoms with Crippen LogP contribution in [0, 0.1) is 6.92 Å². The monoisotopic (exact) mass is 422 g/mol. The summed E-state index contributed by atoms with van der Waals surface area (Å²) < 4.78 is 23.1. The zero-order valence-corrected chi connectivity index (χ0v) is 17.2. The summed E-state index contributed by atoms with van der Waals surface area (Å²) >= 11 is 6.42. The van der Waals surface area contributed by atoms with E-state index in [2.05, 4.69) is 15.2 Å². The molecule has 1 amide bonds. The highest BCUT2D eigenvalue weighted by molar-refractivity contribution is 7.89. The molecule has 0 saturated carbocycles. The predicted molar refractivity (Wildman–Crippen MR) is 110 cm³/mol. The molecule has 0 spiro atoms. The van der Waals surface area contributed by atoms with E-state index in [1.54, 1.807) is 12.1 Å². The molecule has 3 rings (SSSR count). The van der Waals surface area contributed by atoms with E-state index >= 15 is 0 Å². The number of carbonyl (C=O) groups excluding carboxylic acids is 1. The minimum absolute atomic E-state index is 0.0776. The molecule has 0 unspecified atom stereocenters. The van der Waals surface area contributed by atoms with Crippen molar-refractivity contribution in [1.29, 1.82) is 0 Å². The van der Waals surface area contributed by atoms with Crippen molar-refractivity contribution < 1.29 is 13.2 Å². The molecule has 1 aliphatic heterocycles. The Morgan fingerprint density at radius 3 is 2.50 bits per heavy atom. The maximum Gasteiger partial charge on any atom is 0.260 e. The molecular weight excluding hydrogens is 400 g/mol. The molecule has 3 N–H and O–H groups in total. The Morgan fingerprint density at radius 2 is 1.86 bits per heavy atom. The fourth-order valence-electron chi connectivity index (χ4n) is 3.28. The third-order valence-electron chi connectivity index (χ3n) is 4.63. The normalized spacial score (nSPS) is 15.2. The van der Waals surface area contributed by atoms with Crippen LogP contribution < -0.4 is 15.4 Å². The molecule has 7 nitrogen and oxygen atoms in total. The van der Waals surface area contributed by atoms with Crippen molar-refractivity contribution in [3.63, 3.8) is 0 Å². The number of nitrogens with zero attached hydrogens (tertiary/aromatic N) is 2. The first kappa shape index (κ1) is 20.6. The highest BCUT2D eigenvalue weighted by Gasteiger charge is 2.23. The summed E-state index contributed by atoms with van der Waals surface area (Å²) in [5.74, 6) is 0.121. The van der Waals surface area contributed by atoms with Gasteiger partial charge in [-0.25, -0.2) is 18.5 Å². The zero-order valence-electron chi connectivity index (χ0n) is 15.6. The number of hydrogen-bond acceptors (Lipinski definition) is 5. The van der Waals surface area contributed by atoms with Gasteiger partial charge in [0.1, 0.15) is 11.4 Å². The van der Waals surface area contributed by atoms with Crippen molar-refractivity contribution in [2.45, 2.75) is 37.5 Å². The van der Waals surface area contributed by atoms with Gasteiger partial charge in [-0.15, -0.1) is 0 Å². The van der Waals surface area contributed by atoms with Gasteiger partial charge in [-0.2, -0.15) is 0 Å². The lowest BCUT2D eigenvalue weighted by atomic mass is 10.2. The topological polar surface area (TPSA) is 105 Å². The van der Waals surface area contributed by atoms with E-state index in [1.807, 2.05) is 6.92 Å². The highest BCUT2D eigenvalue weighted by atomic mass is 35.5. The first-order valence-electron chi connectivity index (χ1n) is 9.12. The number of amides is 1. The van der Waals surface area contributed by atoms with Crippen LogP contribution in [-0.4, -0.2) is 32.4 Å². The van der Waals surface area contributed by atoms with Gasteiger partial charge in [0.15, 0.2) is 0 Å². The highest BCUT2D eigenvalue weighted by Crippen LogP contribution is 2.29. The summed E-state index contributed by atoms with van der Waals surface area (Å²) in [6.07, 6.45) is 4.37. The molecule has 2 heterocycles. The van der Waals surface area contributed by atoms with E-state index in [1.165, 1.54) is 18.2 Å². The van der Waals surface area contributed by atoms with Gasteiger partial charge in [-0.3, -0.25) is 4.79 Å². The molecule has 0 atom stereocenters. The van der Waals surface area contributed by atoms with Gasteiger partial charge in [0.2, 0.25) is 10.0 Å². The standard InChI is InChI=1S/C19H23ClN4O3S/c1-13-11-16(20)17(18(22-13)24-9-4-2-3-5-10-24)19(25)23-14-7-6-8-15(12-14)28(21,26)27/h6-8,11-12H,2-5,9-10H2,1H3,(H,23,25)(H2,21,26,27).